The third-order valence-corrected chi connectivity index (χ3v) is 2.92. The Balaban J connectivity index is 2.75. The molecule has 0 radical (unpaired) electrons. The first-order valence-corrected chi connectivity index (χ1v) is 3.68. The minimum Gasteiger partial charge on any atom is -0.390 e. The predicted octanol–water partition coefficient (Wildman–Crippen LogP) is 1.95. The molecule has 1 aliphatic carbocycles. The third-order valence-electron chi connectivity index (χ3n) is 2.92. The smallest absolute Gasteiger partial charge is 0.0670 e. The Morgan fingerprint density at radius 3 is 1.78 bits per heavy atom. The largest absolute Gasteiger partial charge is 0.390 e. The van der Waals surface area contributed by atoms with E-state index in [1.165, 1.54) is 12.8 Å². The average molecular weight is 128 g/mol. The standard InChI is InChI=1S/C8H16O/c1-7(2)5-4-6-8(7,3)9/h9H,4-6H2,1-3H3/t8-/m1/s1. The maximum absolute atomic E-state index is 9.72. The molecule has 9 heavy (non-hydrogen) atoms. The Kier molecular flexibility index (Phi) is 1.35. The maximum atomic E-state index is 9.72. The first-order valence-electron chi connectivity index (χ1n) is 3.68. The average Bonchev–Trinajstić information content (AvgIpc) is 1.81. The minimum atomic E-state index is -0.410. The third kappa shape index (κ3) is 0.983. The molecule has 0 aromatic carbocycles. The Morgan fingerprint density at radius 1 is 1.11 bits per heavy atom. The van der Waals surface area contributed by atoms with Crippen molar-refractivity contribution in [1.29, 1.82) is 0 Å². The van der Waals surface area contributed by atoms with Gasteiger partial charge in [-0.25, -0.2) is 0 Å². The normalized spacial score (nSPS) is 41.3. The van der Waals surface area contributed by atoms with Crippen LogP contribution in [0.2, 0.25) is 0 Å². The Hall–Kier alpha value is -0.0400. The lowest BCUT2D eigenvalue weighted by Gasteiger charge is -2.32. The fourth-order valence-electron chi connectivity index (χ4n) is 1.48. The second-order valence-electron chi connectivity index (χ2n) is 4.01. The summed E-state index contributed by atoms with van der Waals surface area (Å²) in [6.07, 6.45) is 3.32. The molecule has 54 valence electrons. The van der Waals surface area contributed by atoms with E-state index in [0.29, 0.717) is 0 Å². The lowest BCUT2D eigenvalue weighted by atomic mass is 9.79. The van der Waals surface area contributed by atoms with E-state index in [1.807, 2.05) is 6.92 Å². The van der Waals surface area contributed by atoms with Gasteiger partial charge in [0.2, 0.25) is 0 Å². The van der Waals surface area contributed by atoms with Crippen molar-refractivity contribution in [2.75, 3.05) is 0 Å². The summed E-state index contributed by atoms with van der Waals surface area (Å²) in [5, 5.41) is 9.72. The summed E-state index contributed by atoms with van der Waals surface area (Å²) in [4.78, 5) is 0. The van der Waals surface area contributed by atoms with E-state index >= 15 is 0 Å². The van der Waals surface area contributed by atoms with Gasteiger partial charge in [-0.15, -0.1) is 0 Å². The van der Waals surface area contributed by atoms with Crippen LogP contribution in [0.15, 0.2) is 0 Å². The molecule has 0 amide bonds. The fraction of sp³-hybridized carbons (Fsp3) is 1.00. The predicted molar refractivity (Wildman–Crippen MR) is 38.3 cm³/mol. The number of rotatable bonds is 0. The van der Waals surface area contributed by atoms with Gasteiger partial charge in [-0.05, 0) is 31.6 Å². The molecule has 1 N–H and O–H groups in total. The first kappa shape index (κ1) is 7.07. The molecule has 1 nitrogen and oxygen atoms in total. The number of aliphatic hydroxyl groups is 1. The van der Waals surface area contributed by atoms with Gasteiger partial charge >= 0.3 is 0 Å². The van der Waals surface area contributed by atoms with Crippen LogP contribution < -0.4 is 0 Å². The van der Waals surface area contributed by atoms with Gasteiger partial charge in [0.15, 0.2) is 0 Å². The number of hydrogen-bond donors (Lipinski definition) is 1. The molecule has 0 saturated heterocycles. The van der Waals surface area contributed by atoms with Gasteiger partial charge in [-0.3, -0.25) is 0 Å². The Labute approximate surface area is 57.1 Å². The van der Waals surface area contributed by atoms with Gasteiger partial charge in [0.05, 0.1) is 5.60 Å². The minimum absolute atomic E-state index is 0.146. The summed E-state index contributed by atoms with van der Waals surface area (Å²) in [7, 11) is 0. The molecule has 1 aliphatic rings. The molecular formula is C8H16O. The van der Waals surface area contributed by atoms with E-state index in [4.69, 9.17) is 0 Å². The van der Waals surface area contributed by atoms with Crippen molar-refractivity contribution in [3.8, 4) is 0 Å². The van der Waals surface area contributed by atoms with Gasteiger partial charge in [0.25, 0.3) is 0 Å². The van der Waals surface area contributed by atoms with Crippen LogP contribution in [0.4, 0.5) is 0 Å². The van der Waals surface area contributed by atoms with Crippen molar-refractivity contribution < 1.29 is 5.11 Å². The van der Waals surface area contributed by atoms with Crippen molar-refractivity contribution in [1.82, 2.24) is 0 Å². The van der Waals surface area contributed by atoms with Crippen LogP contribution in [-0.4, -0.2) is 10.7 Å². The lowest BCUT2D eigenvalue weighted by molar-refractivity contribution is -0.0251. The summed E-state index contributed by atoms with van der Waals surface area (Å²) in [6, 6.07) is 0. The van der Waals surface area contributed by atoms with E-state index < -0.39 is 5.60 Å². The molecule has 0 heterocycles. The van der Waals surface area contributed by atoms with Gasteiger partial charge in [-0.1, -0.05) is 13.8 Å². The summed E-state index contributed by atoms with van der Waals surface area (Å²) in [5.74, 6) is 0. The molecule has 0 spiro atoms. The molecule has 1 atom stereocenters. The van der Waals surface area contributed by atoms with Crippen LogP contribution >= 0.6 is 0 Å². The van der Waals surface area contributed by atoms with Crippen LogP contribution in [0.3, 0.4) is 0 Å². The quantitative estimate of drug-likeness (QED) is 0.528. The summed E-state index contributed by atoms with van der Waals surface area (Å²) >= 11 is 0. The fourth-order valence-corrected chi connectivity index (χ4v) is 1.48. The van der Waals surface area contributed by atoms with Crippen LogP contribution in [0.1, 0.15) is 40.0 Å². The molecule has 0 bridgehead atoms. The molecule has 0 aliphatic heterocycles. The van der Waals surface area contributed by atoms with Crippen molar-refractivity contribution in [2.24, 2.45) is 5.41 Å². The second kappa shape index (κ2) is 1.72. The summed E-state index contributed by atoms with van der Waals surface area (Å²) < 4.78 is 0. The molecule has 1 fully saturated rings. The Bertz CT molecular complexity index is 99.7. The molecule has 0 aromatic heterocycles. The van der Waals surface area contributed by atoms with Crippen LogP contribution in [0, 0.1) is 5.41 Å². The topological polar surface area (TPSA) is 20.2 Å². The SMILES string of the molecule is CC1(C)CCC[C@@]1(C)O. The van der Waals surface area contributed by atoms with Crippen LogP contribution in [0.25, 0.3) is 0 Å². The Morgan fingerprint density at radius 2 is 1.67 bits per heavy atom. The molecule has 1 heteroatoms. The van der Waals surface area contributed by atoms with E-state index in [2.05, 4.69) is 13.8 Å². The lowest BCUT2D eigenvalue weighted by Crippen LogP contribution is -2.35. The van der Waals surface area contributed by atoms with E-state index in [9.17, 15) is 5.11 Å². The highest BCUT2D eigenvalue weighted by atomic mass is 16.3. The summed E-state index contributed by atoms with van der Waals surface area (Å²) in [6.45, 7) is 6.22. The van der Waals surface area contributed by atoms with Gasteiger partial charge in [0, 0.05) is 0 Å². The maximum Gasteiger partial charge on any atom is 0.0670 e. The van der Waals surface area contributed by atoms with E-state index in [-0.39, 0.29) is 5.41 Å². The molecule has 1 rings (SSSR count). The zero-order valence-electron chi connectivity index (χ0n) is 6.57. The van der Waals surface area contributed by atoms with Crippen molar-refractivity contribution in [3.05, 3.63) is 0 Å². The molecule has 0 unspecified atom stereocenters. The monoisotopic (exact) mass is 128 g/mol. The van der Waals surface area contributed by atoms with Gasteiger partial charge < -0.3 is 5.11 Å². The number of hydrogen-bond acceptors (Lipinski definition) is 1. The van der Waals surface area contributed by atoms with Gasteiger partial charge in [-0.2, -0.15) is 0 Å². The molecule has 0 aromatic rings. The highest BCUT2D eigenvalue weighted by molar-refractivity contribution is 4.94. The first-order chi connectivity index (χ1) is 3.96. The van der Waals surface area contributed by atoms with E-state index in [1.54, 1.807) is 0 Å². The van der Waals surface area contributed by atoms with Crippen LogP contribution in [-0.2, 0) is 0 Å². The molecular weight excluding hydrogens is 112 g/mol. The van der Waals surface area contributed by atoms with E-state index in [0.717, 1.165) is 6.42 Å². The molecule has 1 saturated carbocycles. The second-order valence-corrected chi connectivity index (χ2v) is 4.01. The van der Waals surface area contributed by atoms with Crippen LogP contribution in [0.5, 0.6) is 0 Å². The zero-order valence-corrected chi connectivity index (χ0v) is 6.57. The van der Waals surface area contributed by atoms with Crippen molar-refractivity contribution >= 4 is 0 Å². The van der Waals surface area contributed by atoms with Gasteiger partial charge in [0.1, 0.15) is 0 Å². The van der Waals surface area contributed by atoms with Crippen molar-refractivity contribution in [2.45, 2.75) is 45.6 Å². The summed E-state index contributed by atoms with van der Waals surface area (Å²) in [5.41, 5.74) is -0.264. The van der Waals surface area contributed by atoms with Crippen molar-refractivity contribution in [3.63, 3.8) is 0 Å². The zero-order chi connectivity index (χ0) is 7.12. The highest BCUT2D eigenvalue weighted by Gasteiger charge is 2.43. The highest BCUT2D eigenvalue weighted by Crippen LogP contribution is 2.45.